The van der Waals surface area contributed by atoms with Crippen molar-refractivity contribution in [1.29, 1.82) is 0 Å². The lowest BCUT2D eigenvalue weighted by atomic mass is 9.97. The molecule has 6 nitrogen and oxygen atoms in total. The number of amides is 1. The van der Waals surface area contributed by atoms with Crippen molar-refractivity contribution >= 4 is 22.8 Å². The Morgan fingerprint density at radius 3 is 2.82 bits per heavy atom. The Bertz CT molecular complexity index is 995. The van der Waals surface area contributed by atoms with Crippen LogP contribution in [0.25, 0.3) is 10.9 Å². The third kappa shape index (κ3) is 3.59. The highest BCUT2D eigenvalue weighted by atomic mass is 16.1. The maximum absolute atomic E-state index is 12.9. The molecular formula is C22H27N5O. The number of aromatic amines is 1. The Morgan fingerprint density at radius 2 is 2.04 bits per heavy atom. The number of fused-ring (bicyclic) bond motifs is 1. The minimum atomic E-state index is -0.0371. The molecule has 1 aliphatic rings. The summed E-state index contributed by atoms with van der Waals surface area (Å²) >= 11 is 0. The summed E-state index contributed by atoms with van der Waals surface area (Å²) in [7, 11) is 0. The smallest absolute Gasteiger partial charge is 0.225 e. The maximum Gasteiger partial charge on any atom is 0.225 e. The van der Waals surface area contributed by atoms with Crippen LogP contribution in [0.4, 0.5) is 5.95 Å². The summed E-state index contributed by atoms with van der Waals surface area (Å²) in [5.41, 5.74) is 5.93. The molecule has 1 amide bonds. The van der Waals surface area contributed by atoms with E-state index in [9.17, 15) is 4.79 Å². The van der Waals surface area contributed by atoms with E-state index in [1.165, 1.54) is 22.2 Å². The van der Waals surface area contributed by atoms with E-state index in [0.29, 0.717) is 19.0 Å². The van der Waals surface area contributed by atoms with Crippen LogP contribution < -0.4 is 10.2 Å². The molecule has 146 valence electrons. The molecule has 3 heterocycles. The molecule has 1 aliphatic heterocycles. The van der Waals surface area contributed by atoms with Crippen LogP contribution in [0.2, 0.25) is 0 Å². The summed E-state index contributed by atoms with van der Waals surface area (Å²) in [4.78, 5) is 27.1. The van der Waals surface area contributed by atoms with Crippen LogP contribution in [0, 0.1) is 26.7 Å². The Hall–Kier alpha value is -2.89. The number of nitrogens with zero attached hydrogens (tertiary/aromatic N) is 3. The highest BCUT2D eigenvalue weighted by Crippen LogP contribution is 2.26. The van der Waals surface area contributed by atoms with Crippen molar-refractivity contribution in [2.24, 2.45) is 5.92 Å². The quantitative estimate of drug-likeness (QED) is 0.731. The normalized spacial score (nSPS) is 17.1. The zero-order valence-electron chi connectivity index (χ0n) is 16.7. The fourth-order valence-electron chi connectivity index (χ4n) is 4.08. The number of hydrogen-bond donors (Lipinski definition) is 2. The molecule has 1 fully saturated rings. The minimum Gasteiger partial charge on any atom is -0.358 e. The van der Waals surface area contributed by atoms with Crippen LogP contribution >= 0.6 is 0 Å². The van der Waals surface area contributed by atoms with E-state index in [0.717, 1.165) is 30.5 Å². The van der Waals surface area contributed by atoms with Gasteiger partial charge in [0.05, 0.1) is 11.4 Å². The number of hydrogen-bond acceptors (Lipinski definition) is 4. The second-order valence-electron chi connectivity index (χ2n) is 7.77. The Morgan fingerprint density at radius 1 is 1.25 bits per heavy atom. The zero-order chi connectivity index (χ0) is 19.7. The molecule has 3 aromatic rings. The van der Waals surface area contributed by atoms with Gasteiger partial charge in [-0.05, 0) is 56.9 Å². The molecule has 0 aliphatic carbocycles. The summed E-state index contributed by atoms with van der Waals surface area (Å²) in [6, 6.07) is 6.17. The topological polar surface area (TPSA) is 73.9 Å². The lowest BCUT2D eigenvalue weighted by Gasteiger charge is -2.31. The molecule has 2 aromatic heterocycles. The van der Waals surface area contributed by atoms with Gasteiger partial charge in [-0.1, -0.05) is 11.6 Å². The van der Waals surface area contributed by atoms with Crippen molar-refractivity contribution in [3.63, 3.8) is 0 Å². The number of anilines is 1. The van der Waals surface area contributed by atoms with Gasteiger partial charge in [-0.3, -0.25) is 4.79 Å². The van der Waals surface area contributed by atoms with Crippen molar-refractivity contribution < 1.29 is 4.79 Å². The van der Waals surface area contributed by atoms with Crippen LogP contribution in [0.5, 0.6) is 0 Å². The van der Waals surface area contributed by atoms with Gasteiger partial charge in [0.15, 0.2) is 0 Å². The first kappa shape index (κ1) is 18.5. The number of piperidine rings is 1. The van der Waals surface area contributed by atoms with Crippen molar-refractivity contribution in [2.75, 3.05) is 18.0 Å². The maximum atomic E-state index is 12.9. The molecule has 1 aromatic carbocycles. The summed E-state index contributed by atoms with van der Waals surface area (Å²) < 4.78 is 0. The largest absolute Gasteiger partial charge is 0.358 e. The first-order chi connectivity index (χ1) is 13.5. The fourth-order valence-corrected chi connectivity index (χ4v) is 4.08. The number of aryl methyl sites for hydroxylation is 3. The molecule has 4 rings (SSSR count). The van der Waals surface area contributed by atoms with Gasteiger partial charge >= 0.3 is 0 Å². The molecule has 1 atom stereocenters. The van der Waals surface area contributed by atoms with Gasteiger partial charge in [0.2, 0.25) is 11.9 Å². The van der Waals surface area contributed by atoms with Gasteiger partial charge in [-0.25, -0.2) is 9.97 Å². The predicted octanol–water partition coefficient (Wildman–Crippen LogP) is 3.42. The molecule has 0 radical (unpaired) electrons. The number of benzene rings is 1. The number of carbonyl (C=O) groups is 1. The predicted molar refractivity (Wildman–Crippen MR) is 111 cm³/mol. The van der Waals surface area contributed by atoms with E-state index in [1.54, 1.807) is 12.4 Å². The highest BCUT2D eigenvalue weighted by molar-refractivity contribution is 5.88. The minimum absolute atomic E-state index is 0.0371. The Kier molecular flexibility index (Phi) is 5.03. The van der Waals surface area contributed by atoms with Gasteiger partial charge < -0.3 is 15.2 Å². The van der Waals surface area contributed by atoms with Crippen LogP contribution in [0.1, 0.15) is 35.2 Å². The van der Waals surface area contributed by atoms with E-state index in [-0.39, 0.29) is 11.8 Å². The molecule has 0 bridgehead atoms. The molecular weight excluding hydrogens is 350 g/mol. The molecule has 0 spiro atoms. The lowest BCUT2D eigenvalue weighted by Crippen LogP contribution is -2.43. The average Bonchev–Trinajstić information content (AvgIpc) is 3.01. The van der Waals surface area contributed by atoms with E-state index in [4.69, 9.17) is 0 Å². The van der Waals surface area contributed by atoms with Crippen LogP contribution in [-0.4, -0.2) is 33.9 Å². The molecule has 28 heavy (non-hydrogen) atoms. The third-order valence-electron chi connectivity index (χ3n) is 5.72. The molecule has 2 N–H and O–H groups in total. The summed E-state index contributed by atoms with van der Waals surface area (Å²) in [6.45, 7) is 8.43. The Balaban J connectivity index is 1.46. The van der Waals surface area contributed by atoms with Gasteiger partial charge in [-0.15, -0.1) is 0 Å². The number of H-pyrrole nitrogens is 1. The fraction of sp³-hybridized carbons (Fsp3) is 0.409. The monoisotopic (exact) mass is 377 g/mol. The zero-order valence-corrected chi connectivity index (χ0v) is 16.7. The van der Waals surface area contributed by atoms with E-state index >= 15 is 0 Å². The lowest BCUT2D eigenvalue weighted by molar-refractivity contribution is -0.125. The van der Waals surface area contributed by atoms with Gasteiger partial charge in [0.25, 0.3) is 0 Å². The van der Waals surface area contributed by atoms with E-state index < -0.39 is 0 Å². The second kappa shape index (κ2) is 7.62. The van der Waals surface area contributed by atoms with E-state index in [1.807, 2.05) is 6.07 Å². The number of rotatable bonds is 4. The Labute approximate surface area is 165 Å². The number of aromatic nitrogens is 3. The molecule has 1 unspecified atom stereocenters. The van der Waals surface area contributed by atoms with Crippen LogP contribution in [0.3, 0.4) is 0 Å². The van der Waals surface area contributed by atoms with Crippen molar-refractivity contribution in [3.8, 4) is 0 Å². The molecule has 1 saturated heterocycles. The summed E-state index contributed by atoms with van der Waals surface area (Å²) in [5.74, 6) is 0.776. The SMILES string of the molecule is Cc1cc(CNC(=O)C2CCCN(c3ncccn3)C2)c2[nH]c(C)c(C)c2c1. The van der Waals surface area contributed by atoms with Gasteiger partial charge in [0, 0.05) is 43.1 Å². The molecule has 0 saturated carbocycles. The first-order valence-corrected chi connectivity index (χ1v) is 9.91. The van der Waals surface area contributed by atoms with Crippen LogP contribution in [-0.2, 0) is 11.3 Å². The highest BCUT2D eigenvalue weighted by Gasteiger charge is 2.27. The number of nitrogens with one attached hydrogen (secondary N) is 2. The van der Waals surface area contributed by atoms with Gasteiger partial charge in [0.1, 0.15) is 0 Å². The summed E-state index contributed by atoms with van der Waals surface area (Å²) in [6.07, 6.45) is 5.36. The summed E-state index contributed by atoms with van der Waals surface area (Å²) in [5, 5.41) is 4.40. The number of carbonyl (C=O) groups excluding carboxylic acids is 1. The van der Waals surface area contributed by atoms with Gasteiger partial charge in [-0.2, -0.15) is 0 Å². The molecule has 6 heteroatoms. The van der Waals surface area contributed by atoms with E-state index in [2.05, 4.69) is 58.1 Å². The van der Waals surface area contributed by atoms with Crippen LogP contribution in [0.15, 0.2) is 30.6 Å². The average molecular weight is 377 g/mol. The van der Waals surface area contributed by atoms with Crippen molar-refractivity contribution in [1.82, 2.24) is 20.3 Å². The third-order valence-corrected chi connectivity index (χ3v) is 5.72. The standard InChI is InChI=1S/C22H27N5O/c1-14-10-18(20-19(11-14)15(2)16(3)26-20)12-25-21(28)17-6-4-9-27(13-17)22-23-7-5-8-24-22/h5,7-8,10-11,17,26H,4,6,9,12-13H2,1-3H3,(H,25,28). The first-order valence-electron chi connectivity index (χ1n) is 9.91. The van der Waals surface area contributed by atoms with Crippen molar-refractivity contribution in [3.05, 3.63) is 53.0 Å². The van der Waals surface area contributed by atoms with Crippen molar-refractivity contribution in [2.45, 2.75) is 40.2 Å². The second-order valence-corrected chi connectivity index (χ2v) is 7.77.